The molecule has 1 aliphatic carbocycles. The van der Waals surface area contributed by atoms with Crippen molar-refractivity contribution < 1.29 is 8.42 Å². The summed E-state index contributed by atoms with van der Waals surface area (Å²) < 4.78 is 25.5. The number of aliphatic imine (C=N–C) groups is 1. The number of likely N-dealkylation sites (tertiary alicyclic amines) is 1. The number of nitrogens with zero attached hydrogens (tertiary/aromatic N) is 3. The Hall–Kier alpha value is -0.910. The number of rotatable bonds is 6. The van der Waals surface area contributed by atoms with E-state index >= 15 is 0 Å². The first kappa shape index (κ1) is 24.4. The van der Waals surface area contributed by atoms with Crippen LogP contribution in [0.4, 0.5) is 0 Å². The average Bonchev–Trinajstić information content (AvgIpc) is 3.37. The number of benzene rings is 1. The number of nitrogens with one attached hydrogen (secondary N) is 2. The first-order chi connectivity index (χ1) is 13.4. The highest BCUT2D eigenvalue weighted by atomic mass is 127. The minimum atomic E-state index is -3.39. The monoisotopic (exact) mass is 535 g/mol. The van der Waals surface area contributed by atoms with E-state index in [2.05, 4.69) is 20.5 Å². The van der Waals surface area contributed by atoms with Crippen molar-refractivity contribution in [2.45, 2.75) is 55.6 Å². The minimum Gasteiger partial charge on any atom is -0.352 e. The number of hydrogen-bond acceptors (Lipinski definition) is 4. The van der Waals surface area contributed by atoms with E-state index < -0.39 is 10.0 Å². The second kappa shape index (κ2) is 10.9. The van der Waals surface area contributed by atoms with Crippen LogP contribution in [-0.4, -0.2) is 69.9 Å². The van der Waals surface area contributed by atoms with Crippen molar-refractivity contribution in [2.24, 2.45) is 4.99 Å². The predicted octanol–water partition coefficient (Wildman–Crippen LogP) is 2.24. The van der Waals surface area contributed by atoms with Crippen LogP contribution in [-0.2, 0) is 16.6 Å². The van der Waals surface area contributed by atoms with Crippen LogP contribution in [0.15, 0.2) is 34.2 Å². The maximum absolute atomic E-state index is 12.1. The van der Waals surface area contributed by atoms with Gasteiger partial charge < -0.3 is 10.6 Å². The second-order valence-corrected chi connectivity index (χ2v) is 10.1. The molecule has 3 rings (SSSR count). The van der Waals surface area contributed by atoms with Crippen LogP contribution in [0.25, 0.3) is 0 Å². The molecule has 1 atom stereocenters. The summed E-state index contributed by atoms with van der Waals surface area (Å²) in [5.74, 6) is 0.795. The third kappa shape index (κ3) is 6.28. The molecule has 1 aromatic rings. The zero-order valence-electron chi connectivity index (χ0n) is 17.6. The van der Waals surface area contributed by atoms with Crippen LogP contribution in [0, 0.1) is 0 Å². The van der Waals surface area contributed by atoms with Gasteiger partial charge in [-0.1, -0.05) is 25.0 Å². The Morgan fingerprint density at radius 2 is 1.83 bits per heavy atom. The third-order valence-corrected chi connectivity index (χ3v) is 7.62. The van der Waals surface area contributed by atoms with Gasteiger partial charge in [-0.25, -0.2) is 12.7 Å². The smallest absolute Gasteiger partial charge is 0.242 e. The maximum Gasteiger partial charge on any atom is 0.242 e. The van der Waals surface area contributed by atoms with Crippen molar-refractivity contribution in [1.82, 2.24) is 19.8 Å². The van der Waals surface area contributed by atoms with Crippen LogP contribution in [0.1, 0.15) is 37.7 Å². The molecule has 1 heterocycles. The van der Waals surface area contributed by atoms with Gasteiger partial charge in [0.1, 0.15) is 0 Å². The molecule has 0 amide bonds. The quantitative estimate of drug-likeness (QED) is 0.332. The van der Waals surface area contributed by atoms with Gasteiger partial charge >= 0.3 is 0 Å². The lowest BCUT2D eigenvalue weighted by Crippen LogP contribution is -2.45. The average molecular weight is 535 g/mol. The molecule has 7 nitrogen and oxygen atoms in total. The Bertz CT molecular complexity index is 777. The highest BCUT2D eigenvalue weighted by molar-refractivity contribution is 14.0. The molecule has 1 saturated carbocycles. The Kier molecular flexibility index (Phi) is 9.17. The van der Waals surface area contributed by atoms with Crippen molar-refractivity contribution in [3.63, 3.8) is 0 Å². The molecule has 1 aromatic carbocycles. The summed E-state index contributed by atoms with van der Waals surface area (Å²) in [6.45, 7) is 2.85. The first-order valence-electron chi connectivity index (χ1n) is 10.1. The lowest BCUT2D eigenvalue weighted by atomic mass is 10.2. The molecule has 0 spiro atoms. The summed E-state index contributed by atoms with van der Waals surface area (Å²) in [6, 6.07) is 8.19. The molecule has 2 aliphatic rings. The number of halogens is 1. The van der Waals surface area contributed by atoms with Crippen molar-refractivity contribution in [3.8, 4) is 0 Å². The van der Waals surface area contributed by atoms with Crippen LogP contribution in [0.3, 0.4) is 0 Å². The van der Waals surface area contributed by atoms with Gasteiger partial charge in [0, 0.05) is 52.9 Å². The Labute approximate surface area is 192 Å². The van der Waals surface area contributed by atoms with E-state index in [1.165, 1.54) is 50.6 Å². The van der Waals surface area contributed by atoms with Gasteiger partial charge in [0.2, 0.25) is 10.0 Å². The number of sulfonamides is 1. The fourth-order valence-corrected chi connectivity index (χ4v) is 4.97. The SMILES string of the molecule is CN=C(NCc1ccc(S(=O)(=O)N(C)C)cc1)NC1CCN(C2CCCC2)C1.I. The van der Waals surface area contributed by atoms with Gasteiger partial charge in [0.05, 0.1) is 4.90 Å². The van der Waals surface area contributed by atoms with Crippen molar-refractivity contribution in [2.75, 3.05) is 34.2 Å². The molecule has 1 unspecified atom stereocenters. The summed E-state index contributed by atoms with van der Waals surface area (Å²) in [5, 5.41) is 6.87. The molecule has 0 bridgehead atoms. The van der Waals surface area contributed by atoms with Crippen molar-refractivity contribution in [1.29, 1.82) is 0 Å². The fraction of sp³-hybridized carbons (Fsp3) is 0.650. The molecule has 2 fully saturated rings. The van der Waals surface area contributed by atoms with Gasteiger partial charge in [0.15, 0.2) is 5.96 Å². The van der Waals surface area contributed by atoms with E-state index in [0.717, 1.165) is 30.5 Å². The molecule has 1 saturated heterocycles. The maximum atomic E-state index is 12.1. The number of hydrogen-bond donors (Lipinski definition) is 2. The Balaban J connectivity index is 0.00000300. The lowest BCUT2D eigenvalue weighted by molar-refractivity contribution is 0.242. The molecular weight excluding hydrogens is 501 g/mol. The lowest BCUT2D eigenvalue weighted by Gasteiger charge is -2.24. The first-order valence-corrected chi connectivity index (χ1v) is 11.6. The zero-order chi connectivity index (χ0) is 20.1. The Morgan fingerprint density at radius 3 is 2.41 bits per heavy atom. The molecule has 0 radical (unpaired) electrons. The van der Waals surface area contributed by atoms with E-state index in [1.807, 2.05) is 12.1 Å². The van der Waals surface area contributed by atoms with E-state index in [1.54, 1.807) is 19.2 Å². The van der Waals surface area contributed by atoms with Gasteiger partial charge in [-0.05, 0) is 37.0 Å². The summed E-state index contributed by atoms with van der Waals surface area (Å²) in [6.07, 6.45) is 6.58. The fourth-order valence-electron chi connectivity index (χ4n) is 4.07. The second-order valence-electron chi connectivity index (χ2n) is 7.92. The largest absolute Gasteiger partial charge is 0.352 e. The van der Waals surface area contributed by atoms with E-state index in [0.29, 0.717) is 17.5 Å². The van der Waals surface area contributed by atoms with Crippen LogP contribution >= 0.6 is 24.0 Å². The molecule has 9 heteroatoms. The van der Waals surface area contributed by atoms with Gasteiger partial charge in [-0.2, -0.15) is 0 Å². The molecular formula is C20H34IN5O2S. The van der Waals surface area contributed by atoms with Crippen LogP contribution < -0.4 is 10.6 Å². The van der Waals surface area contributed by atoms with Crippen LogP contribution in [0.5, 0.6) is 0 Å². The summed E-state index contributed by atoms with van der Waals surface area (Å²) in [4.78, 5) is 7.28. The van der Waals surface area contributed by atoms with Crippen LogP contribution in [0.2, 0.25) is 0 Å². The summed E-state index contributed by atoms with van der Waals surface area (Å²) >= 11 is 0. The molecule has 2 N–H and O–H groups in total. The van der Waals surface area contributed by atoms with Gasteiger partial charge in [-0.3, -0.25) is 9.89 Å². The van der Waals surface area contributed by atoms with Crippen molar-refractivity contribution in [3.05, 3.63) is 29.8 Å². The molecule has 164 valence electrons. The summed E-state index contributed by atoms with van der Waals surface area (Å²) in [5.41, 5.74) is 1.01. The number of guanidine groups is 1. The molecule has 0 aromatic heterocycles. The Morgan fingerprint density at radius 1 is 1.17 bits per heavy atom. The standard InChI is InChI=1S/C20H33N5O2S.HI/c1-21-20(23-17-12-13-25(15-17)18-6-4-5-7-18)22-14-16-8-10-19(11-9-16)28(26,27)24(2)3;/h8-11,17-18H,4-7,12-15H2,1-3H3,(H2,21,22,23);1H. The predicted molar refractivity (Wildman–Crippen MR) is 128 cm³/mol. The zero-order valence-corrected chi connectivity index (χ0v) is 20.7. The van der Waals surface area contributed by atoms with Gasteiger partial charge in [0.25, 0.3) is 0 Å². The summed E-state index contributed by atoms with van der Waals surface area (Å²) in [7, 11) is 1.48. The third-order valence-electron chi connectivity index (χ3n) is 5.79. The highest BCUT2D eigenvalue weighted by Crippen LogP contribution is 2.26. The molecule has 1 aliphatic heterocycles. The highest BCUT2D eigenvalue weighted by Gasteiger charge is 2.30. The van der Waals surface area contributed by atoms with Gasteiger partial charge in [-0.15, -0.1) is 24.0 Å². The van der Waals surface area contributed by atoms with E-state index in [4.69, 9.17) is 0 Å². The van der Waals surface area contributed by atoms with E-state index in [-0.39, 0.29) is 24.0 Å². The normalized spacial score (nSPS) is 21.4. The topological polar surface area (TPSA) is 77.0 Å². The minimum absolute atomic E-state index is 0. The molecule has 29 heavy (non-hydrogen) atoms. The van der Waals surface area contributed by atoms with E-state index in [9.17, 15) is 8.42 Å². The van der Waals surface area contributed by atoms with Crippen molar-refractivity contribution >= 4 is 40.0 Å².